The van der Waals surface area contributed by atoms with Crippen LogP contribution in [0.2, 0.25) is 0 Å². The highest BCUT2D eigenvalue weighted by Gasteiger charge is 2.35. The van der Waals surface area contributed by atoms with Crippen LogP contribution >= 0.6 is 0 Å². The Morgan fingerprint density at radius 1 is 0.952 bits per heavy atom. The molecule has 21 heavy (non-hydrogen) atoms. The van der Waals surface area contributed by atoms with Crippen LogP contribution in [-0.4, -0.2) is 11.7 Å². The number of rotatable bonds is 2. The maximum Gasteiger partial charge on any atom is 0.431 e. The maximum absolute atomic E-state index is 13.3. The summed E-state index contributed by atoms with van der Waals surface area (Å²) in [4.78, 5) is 0. The molecule has 108 valence electrons. The molecule has 0 bridgehead atoms. The number of para-hydroxylation sites is 1. The molecule has 1 heterocycles. The summed E-state index contributed by atoms with van der Waals surface area (Å²) >= 11 is 0. The van der Waals surface area contributed by atoms with E-state index in [1.165, 1.54) is 11.7 Å². The average Bonchev–Trinajstić information content (AvgIpc) is 2.86. The molecule has 0 amide bonds. The summed E-state index contributed by atoms with van der Waals surface area (Å²) in [5.74, 6) is 0.520. The largest absolute Gasteiger partial charge is 0.497 e. The van der Waals surface area contributed by atoms with Gasteiger partial charge in [-0.3, -0.25) is 0 Å². The standard InChI is InChI=1S/C16H12F3NO/c1-21-13-8-7-11-9-15(16(17,18)19)20(14(11)10-13)12-5-3-2-4-6-12/h2-10H,1H3. The molecule has 0 radical (unpaired) electrons. The van der Waals surface area contributed by atoms with Crippen molar-refractivity contribution >= 4 is 10.9 Å². The number of halogens is 3. The first-order valence-corrected chi connectivity index (χ1v) is 6.33. The van der Waals surface area contributed by atoms with Gasteiger partial charge in [0.2, 0.25) is 0 Å². The Labute approximate surface area is 119 Å². The van der Waals surface area contributed by atoms with Crippen molar-refractivity contribution in [3.05, 3.63) is 60.3 Å². The van der Waals surface area contributed by atoms with E-state index in [0.29, 0.717) is 22.3 Å². The predicted molar refractivity (Wildman–Crippen MR) is 74.8 cm³/mol. The molecule has 2 aromatic carbocycles. The van der Waals surface area contributed by atoms with Gasteiger partial charge in [-0.05, 0) is 30.3 Å². The fraction of sp³-hybridized carbons (Fsp3) is 0.125. The highest BCUT2D eigenvalue weighted by molar-refractivity contribution is 5.85. The predicted octanol–water partition coefficient (Wildman–Crippen LogP) is 4.66. The van der Waals surface area contributed by atoms with Crippen LogP contribution in [-0.2, 0) is 6.18 Å². The smallest absolute Gasteiger partial charge is 0.431 e. The zero-order chi connectivity index (χ0) is 15.0. The molecule has 3 rings (SSSR count). The van der Waals surface area contributed by atoms with Crippen LogP contribution in [0.25, 0.3) is 16.6 Å². The van der Waals surface area contributed by atoms with Crippen molar-refractivity contribution in [3.63, 3.8) is 0 Å². The zero-order valence-electron chi connectivity index (χ0n) is 11.2. The lowest BCUT2D eigenvalue weighted by Gasteiger charge is -2.13. The number of nitrogens with zero attached hydrogens (tertiary/aromatic N) is 1. The van der Waals surface area contributed by atoms with Crippen molar-refractivity contribution in [2.75, 3.05) is 7.11 Å². The third-order valence-electron chi connectivity index (χ3n) is 3.32. The van der Waals surface area contributed by atoms with E-state index in [0.717, 1.165) is 6.07 Å². The van der Waals surface area contributed by atoms with Crippen molar-refractivity contribution < 1.29 is 17.9 Å². The number of hydrogen-bond acceptors (Lipinski definition) is 1. The first-order chi connectivity index (χ1) is 10.0. The molecular weight excluding hydrogens is 279 g/mol. The van der Waals surface area contributed by atoms with Gasteiger partial charge in [-0.2, -0.15) is 13.2 Å². The Kier molecular flexibility index (Phi) is 3.12. The van der Waals surface area contributed by atoms with Crippen molar-refractivity contribution in [2.24, 2.45) is 0 Å². The molecule has 0 saturated carbocycles. The average molecular weight is 291 g/mol. The van der Waals surface area contributed by atoms with Gasteiger partial charge in [-0.25, -0.2) is 0 Å². The monoisotopic (exact) mass is 291 g/mol. The Morgan fingerprint density at radius 2 is 1.67 bits per heavy atom. The van der Waals surface area contributed by atoms with Crippen molar-refractivity contribution in [3.8, 4) is 11.4 Å². The van der Waals surface area contributed by atoms with E-state index < -0.39 is 11.9 Å². The number of aromatic nitrogens is 1. The molecule has 0 aliphatic carbocycles. The quantitative estimate of drug-likeness (QED) is 0.670. The number of fused-ring (bicyclic) bond motifs is 1. The van der Waals surface area contributed by atoms with Gasteiger partial charge in [0.25, 0.3) is 0 Å². The number of methoxy groups -OCH3 is 1. The van der Waals surface area contributed by atoms with E-state index in [9.17, 15) is 13.2 Å². The first-order valence-electron chi connectivity index (χ1n) is 6.33. The molecule has 1 aromatic heterocycles. The van der Waals surface area contributed by atoms with E-state index in [4.69, 9.17) is 4.74 Å². The van der Waals surface area contributed by atoms with Crippen LogP contribution in [0.3, 0.4) is 0 Å². The summed E-state index contributed by atoms with van der Waals surface area (Å²) in [6.45, 7) is 0. The third-order valence-corrected chi connectivity index (χ3v) is 3.32. The van der Waals surface area contributed by atoms with Gasteiger partial charge in [-0.1, -0.05) is 18.2 Å². The Balaban J connectivity index is 2.37. The molecular formula is C16H12F3NO. The molecule has 0 N–H and O–H groups in total. The summed E-state index contributed by atoms with van der Waals surface area (Å²) in [6.07, 6.45) is -4.43. The molecule has 0 unspecified atom stereocenters. The normalized spacial score (nSPS) is 11.8. The Hall–Kier alpha value is -2.43. The minimum absolute atomic E-state index is 0.466. The lowest BCUT2D eigenvalue weighted by atomic mass is 10.2. The summed E-state index contributed by atoms with van der Waals surface area (Å²) in [5, 5.41) is 0.520. The molecule has 0 spiro atoms. The van der Waals surface area contributed by atoms with E-state index >= 15 is 0 Å². The van der Waals surface area contributed by atoms with E-state index in [2.05, 4.69) is 0 Å². The highest BCUT2D eigenvalue weighted by atomic mass is 19.4. The molecule has 2 nitrogen and oxygen atoms in total. The molecule has 5 heteroatoms. The van der Waals surface area contributed by atoms with Crippen LogP contribution in [0.1, 0.15) is 5.69 Å². The Morgan fingerprint density at radius 3 is 2.29 bits per heavy atom. The van der Waals surface area contributed by atoms with Gasteiger partial charge in [0.1, 0.15) is 11.4 Å². The minimum Gasteiger partial charge on any atom is -0.497 e. The minimum atomic E-state index is -4.43. The van der Waals surface area contributed by atoms with Crippen molar-refractivity contribution in [1.82, 2.24) is 4.57 Å². The lowest BCUT2D eigenvalue weighted by Crippen LogP contribution is -2.12. The van der Waals surface area contributed by atoms with Gasteiger partial charge in [0, 0.05) is 17.1 Å². The second-order valence-electron chi connectivity index (χ2n) is 4.62. The lowest BCUT2D eigenvalue weighted by molar-refractivity contribution is -0.142. The topological polar surface area (TPSA) is 14.2 Å². The van der Waals surface area contributed by atoms with Gasteiger partial charge >= 0.3 is 6.18 Å². The Bertz CT molecular complexity index is 775. The maximum atomic E-state index is 13.3. The second kappa shape index (κ2) is 4.84. The van der Waals surface area contributed by atoms with Crippen LogP contribution < -0.4 is 4.74 Å². The summed E-state index contributed by atoms with van der Waals surface area (Å²) < 4.78 is 46.2. The van der Waals surface area contributed by atoms with Gasteiger partial charge in [-0.15, -0.1) is 0 Å². The number of benzene rings is 2. The van der Waals surface area contributed by atoms with E-state index in [1.807, 2.05) is 0 Å². The number of hydrogen-bond donors (Lipinski definition) is 0. The van der Waals surface area contributed by atoms with Crippen LogP contribution in [0.5, 0.6) is 5.75 Å². The van der Waals surface area contributed by atoms with E-state index in [-0.39, 0.29) is 0 Å². The molecule has 3 aromatic rings. The zero-order valence-corrected chi connectivity index (χ0v) is 11.2. The van der Waals surface area contributed by atoms with Crippen LogP contribution in [0, 0.1) is 0 Å². The number of ether oxygens (including phenoxy) is 1. The molecule has 0 saturated heterocycles. The summed E-state index contributed by atoms with van der Waals surface area (Å²) in [5.41, 5.74) is 0.234. The van der Waals surface area contributed by atoms with Crippen LogP contribution in [0.4, 0.5) is 13.2 Å². The van der Waals surface area contributed by atoms with Crippen LogP contribution in [0.15, 0.2) is 54.6 Å². The van der Waals surface area contributed by atoms with Gasteiger partial charge in [0.05, 0.1) is 12.6 Å². The number of alkyl halides is 3. The van der Waals surface area contributed by atoms with Crippen molar-refractivity contribution in [1.29, 1.82) is 0 Å². The van der Waals surface area contributed by atoms with E-state index in [1.54, 1.807) is 48.5 Å². The molecule has 0 aliphatic rings. The summed E-state index contributed by atoms with van der Waals surface area (Å²) in [7, 11) is 1.49. The molecule has 0 fully saturated rings. The van der Waals surface area contributed by atoms with Gasteiger partial charge in [0.15, 0.2) is 0 Å². The third kappa shape index (κ3) is 2.35. The molecule has 0 atom stereocenters. The first kappa shape index (κ1) is 13.5. The van der Waals surface area contributed by atoms with Crippen molar-refractivity contribution in [2.45, 2.75) is 6.18 Å². The fourth-order valence-corrected chi connectivity index (χ4v) is 2.37. The molecule has 0 aliphatic heterocycles. The SMILES string of the molecule is COc1ccc2cc(C(F)(F)F)n(-c3ccccc3)c2c1. The van der Waals surface area contributed by atoms with Gasteiger partial charge < -0.3 is 9.30 Å². The fourth-order valence-electron chi connectivity index (χ4n) is 2.37. The summed E-state index contributed by atoms with van der Waals surface area (Å²) in [6, 6.07) is 14.5. The highest BCUT2D eigenvalue weighted by Crippen LogP contribution is 2.37. The second-order valence-corrected chi connectivity index (χ2v) is 4.62.